The van der Waals surface area contributed by atoms with Crippen LogP contribution in [0.15, 0.2) is 51.4 Å². The molecule has 4 rings (SSSR count). The van der Waals surface area contributed by atoms with E-state index in [1.54, 1.807) is 31.4 Å². The first-order valence-corrected chi connectivity index (χ1v) is 13.3. The number of carbonyl (C=O) groups excluding carboxylic acids is 1. The number of furan rings is 1. The first kappa shape index (κ1) is 27.7. The SMILES string of the molecule is CC(C)Cc1nc(Cl)c(C(=O)O)n1Cc1ccc2oc(-c3ccccc3NC(=O)OC(C)(C)C)c(Br)c2c1. The van der Waals surface area contributed by atoms with E-state index in [1.807, 2.05) is 50.2 Å². The summed E-state index contributed by atoms with van der Waals surface area (Å²) in [6.07, 6.45) is 0.0286. The fourth-order valence-electron chi connectivity index (χ4n) is 4.13. The van der Waals surface area contributed by atoms with Gasteiger partial charge in [0.1, 0.15) is 17.0 Å². The fourth-order valence-corrected chi connectivity index (χ4v) is 5.02. The molecule has 0 aliphatic rings. The summed E-state index contributed by atoms with van der Waals surface area (Å²) in [6.45, 7) is 9.76. The van der Waals surface area contributed by atoms with Gasteiger partial charge in [0.05, 0.1) is 10.2 Å². The van der Waals surface area contributed by atoms with Gasteiger partial charge in [0, 0.05) is 23.9 Å². The van der Waals surface area contributed by atoms with Crippen molar-refractivity contribution in [1.82, 2.24) is 9.55 Å². The van der Waals surface area contributed by atoms with Crippen LogP contribution in [-0.4, -0.2) is 32.3 Å². The molecule has 0 saturated heterocycles. The Kier molecular flexibility index (Phi) is 7.90. The quantitative estimate of drug-likeness (QED) is 0.222. The van der Waals surface area contributed by atoms with Crippen molar-refractivity contribution in [1.29, 1.82) is 0 Å². The van der Waals surface area contributed by atoms with E-state index in [-0.39, 0.29) is 23.3 Å². The van der Waals surface area contributed by atoms with E-state index < -0.39 is 17.7 Å². The highest BCUT2D eigenvalue weighted by molar-refractivity contribution is 9.10. The third-order valence-corrected chi connectivity index (χ3v) is 6.69. The second kappa shape index (κ2) is 10.8. The van der Waals surface area contributed by atoms with E-state index in [0.29, 0.717) is 39.3 Å². The molecule has 0 saturated carbocycles. The number of benzene rings is 2. The monoisotopic (exact) mass is 601 g/mol. The Balaban J connectivity index is 1.71. The second-order valence-corrected chi connectivity index (χ2v) is 11.6. The number of fused-ring (bicyclic) bond motifs is 1. The van der Waals surface area contributed by atoms with Crippen molar-refractivity contribution >= 4 is 56.3 Å². The van der Waals surface area contributed by atoms with Crippen molar-refractivity contribution in [3.8, 4) is 11.3 Å². The largest absolute Gasteiger partial charge is 0.476 e. The van der Waals surface area contributed by atoms with E-state index in [0.717, 1.165) is 10.9 Å². The molecular formula is C28H29BrClN3O5. The molecule has 0 atom stereocenters. The normalized spacial score (nSPS) is 11.8. The van der Waals surface area contributed by atoms with Crippen LogP contribution < -0.4 is 5.32 Å². The van der Waals surface area contributed by atoms with Crippen LogP contribution in [0.2, 0.25) is 5.15 Å². The predicted octanol–water partition coefficient (Wildman–Crippen LogP) is 8.00. The maximum absolute atomic E-state index is 12.4. The van der Waals surface area contributed by atoms with Crippen LogP contribution in [0.25, 0.3) is 22.3 Å². The summed E-state index contributed by atoms with van der Waals surface area (Å²) in [5.41, 5.74) is 2.04. The minimum Gasteiger partial charge on any atom is -0.476 e. The number of para-hydroxylation sites is 1. The standard InChI is InChI=1S/C28H29BrClN3O5/c1-15(2)12-21-32-25(30)23(26(34)35)33(21)14-16-10-11-20-18(13-16)22(29)24(37-20)17-8-6-7-9-19(17)31-27(36)38-28(3,4)5/h6-11,13,15H,12,14H2,1-5H3,(H,31,36)(H,34,35). The summed E-state index contributed by atoms with van der Waals surface area (Å²) in [5.74, 6) is 0.313. The van der Waals surface area contributed by atoms with Crippen molar-refractivity contribution in [2.24, 2.45) is 5.92 Å². The van der Waals surface area contributed by atoms with Crippen molar-refractivity contribution < 1.29 is 23.8 Å². The lowest BCUT2D eigenvalue weighted by Gasteiger charge is -2.20. The number of anilines is 1. The van der Waals surface area contributed by atoms with Crippen molar-refractivity contribution in [3.63, 3.8) is 0 Å². The number of aromatic carboxylic acids is 1. The molecular weight excluding hydrogens is 574 g/mol. The van der Waals surface area contributed by atoms with Gasteiger partial charge in [-0.15, -0.1) is 0 Å². The lowest BCUT2D eigenvalue weighted by atomic mass is 10.1. The molecule has 0 fully saturated rings. The number of amides is 1. The molecule has 38 heavy (non-hydrogen) atoms. The zero-order valence-corrected chi connectivity index (χ0v) is 24.1. The number of hydrogen-bond donors (Lipinski definition) is 2. The van der Waals surface area contributed by atoms with Crippen LogP contribution in [0.4, 0.5) is 10.5 Å². The van der Waals surface area contributed by atoms with E-state index in [1.165, 1.54) is 0 Å². The molecule has 4 aromatic rings. The maximum Gasteiger partial charge on any atom is 0.412 e. The van der Waals surface area contributed by atoms with Gasteiger partial charge < -0.3 is 18.8 Å². The van der Waals surface area contributed by atoms with Crippen LogP contribution in [0.5, 0.6) is 0 Å². The number of carboxylic acid groups (broad SMARTS) is 1. The molecule has 0 radical (unpaired) electrons. The number of aromatic nitrogens is 2. The molecule has 2 aromatic heterocycles. The van der Waals surface area contributed by atoms with Gasteiger partial charge in [0.15, 0.2) is 16.6 Å². The Labute approximate surface area is 234 Å². The summed E-state index contributed by atoms with van der Waals surface area (Å²) >= 11 is 9.87. The van der Waals surface area contributed by atoms with E-state index in [4.69, 9.17) is 20.8 Å². The van der Waals surface area contributed by atoms with E-state index in [2.05, 4.69) is 26.2 Å². The van der Waals surface area contributed by atoms with Crippen molar-refractivity contribution in [3.05, 3.63) is 69.2 Å². The van der Waals surface area contributed by atoms with Crippen LogP contribution in [-0.2, 0) is 17.7 Å². The molecule has 1 amide bonds. The fraction of sp³-hybridized carbons (Fsp3) is 0.321. The zero-order chi connectivity index (χ0) is 27.8. The van der Waals surface area contributed by atoms with Crippen LogP contribution in [0.3, 0.4) is 0 Å². The van der Waals surface area contributed by atoms with E-state index in [9.17, 15) is 14.7 Å². The Bertz CT molecular complexity index is 1520. The molecule has 200 valence electrons. The number of halogens is 2. The number of rotatable bonds is 7. The zero-order valence-electron chi connectivity index (χ0n) is 21.8. The van der Waals surface area contributed by atoms with Gasteiger partial charge in [0.25, 0.3) is 0 Å². The molecule has 0 spiro atoms. The predicted molar refractivity (Wildman–Crippen MR) is 151 cm³/mol. The van der Waals surface area contributed by atoms with Gasteiger partial charge in [-0.1, -0.05) is 43.6 Å². The molecule has 2 N–H and O–H groups in total. The maximum atomic E-state index is 12.4. The highest BCUT2D eigenvalue weighted by Gasteiger charge is 2.24. The van der Waals surface area contributed by atoms with Gasteiger partial charge >= 0.3 is 12.1 Å². The molecule has 8 nitrogen and oxygen atoms in total. The smallest absolute Gasteiger partial charge is 0.412 e. The Hall–Kier alpha value is -3.30. The van der Waals surface area contributed by atoms with Crippen molar-refractivity contribution in [2.45, 2.75) is 53.2 Å². The average Bonchev–Trinajstić information content (AvgIpc) is 3.28. The molecule has 0 aliphatic heterocycles. The number of carboxylic acids is 1. The van der Waals surface area contributed by atoms with Gasteiger partial charge in [0.2, 0.25) is 0 Å². The van der Waals surface area contributed by atoms with Gasteiger partial charge in [-0.2, -0.15) is 0 Å². The summed E-state index contributed by atoms with van der Waals surface area (Å²) in [5, 5.41) is 13.3. The molecule has 2 aromatic carbocycles. The summed E-state index contributed by atoms with van der Waals surface area (Å²) < 4.78 is 13.9. The number of imidazole rings is 1. The number of hydrogen-bond acceptors (Lipinski definition) is 5. The summed E-state index contributed by atoms with van der Waals surface area (Å²) in [4.78, 5) is 28.7. The topological polar surface area (TPSA) is 107 Å². The Morgan fingerprint density at radius 2 is 1.92 bits per heavy atom. The minimum absolute atomic E-state index is 0.0184. The first-order valence-electron chi connectivity index (χ1n) is 12.1. The summed E-state index contributed by atoms with van der Waals surface area (Å²) in [7, 11) is 0. The van der Waals surface area contributed by atoms with Gasteiger partial charge in [-0.05, 0) is 72.4 Å². The van der Waals surface area contributed by atoms with Gasteiger partial charge in [-0.25, -0.2) is 14.6 Å². The molecule has 0 bridgehead atoms. The lowest BCUT2D eigenvalue weighted by Crippen LogP contribution is -2.27. The first-order chi connectivity index (χ1) is 17.8. The van der Waals surface area contributed by atoms with Crippen molar-refractivity contribution in [2.75, 3.05) is 5.32 Å². The number of ether oxygens (including phenoxy) is 1. The Morgan fingerprint density at radius 1 is 1.21 bits per heavy atom. The highest BCUT2D eigenvalue weighted by atomic mass is 79.9. The average molecular weight is 603 g/mol. The van der Waals surface area contributed by atoms with Crippen LogP contribution in [0.1, 0.15) is 56.5 Å². The summed E-state index contributed by atoms with van der Waals surface area (Å²) in [6, 6.07) is 12.9. The lowest BCUT2D eigenvalue weighted by molar-refractivity contribution is 0.0633. The molecule has 0 unspecified atom stereocenters. The number of nitrogens with one attached hydrogen (secondary N) is 1. The third-order valence-electron chi connectivity index (χ3n) is 5.64. The minimum atomic E-state index is -1.13. The van der Waals surface area contributed by atoms with Gasteiger partial charge in [-0.3, -0.25) is 5.32 Å². The highest BCUT2D eigenvalue weighted by Crippen LogP contribution is 2.41. The number of carbonyl (C=O) groups is 2. The molecule has 0 aliphatic carbocycles. The van der Waals surface area contributed by atoms with E-state index >= 15 is 0 Å². The molecule has 2 heterocycles. The molecule has 10 heteroatoms. The van der Waals surface area contributed by atoms with Crippen LogP contribution >= 0.6 is 27.5 Å². The third kappa shape index (κ3) is 6.05. The Morgan fingerprint density at radius 3 is 2.58 bits per heavy atom. The number of nitrogens with zero attached hydrogens (tertiary/aromatic N) is 2. The second-order valence-electron chi connectivity index (χ2n) is 10.4. The van der Waals surface area contributed by atoms with Crippen LogP contribution in [0, 0.1) is 5.92 Å².